The fraction of sp³-hybridized carbons (Fsp3) is 0.381. The summed E-state index contributed by atoms with van der Waals surface area (Å²) in [5.74, 6) is 0. The number of amides is 2. The number of nitrogens with zero attached hydrogens (tertiary/aromatic N) is 1. The van der Waals surface area contributed by atoms with Gasteiger partial charge < -0.3 is 15.5 Å². The maximum atomic E-state index is 12.5. The zero-order valence-electron chi connectivity index (χ0n) is 15.6. The molecule has 0 atom stereocenters. The number of hydrogen-bond donors (Lipinski definition) is 2. The summed E-state index contributed by atoms with van der Waals surface area (Å²) in [5.41, 5.74) is 3.92. The monoisotopic (exact) mass is 371 g/mol. The van der Waals surface area contributed by atoms with E-state index in [1.165, 1.54) is 5.69 Å². The zero-order chi connectivity index (χ0) is 18.7. The Morgan fingerprint density at radius 3 is 2.31 bits per heavy atom. The number of rotatable bonds is 6. The first-order valence-corrected chi connectivity index (χ1v) is 9.56. The van der Waals surface area contributed by atoms with E-state index in [-0.39, 0.29) is 11.6 Å². The Bertz CT molecular complexity index is 780. The number of anilines is 2. The van der Waals surface area contributed by atoms with E-state index in [0.29, 0.717) is 5.02 Å². The van der Waals surface area contributed by atoms with Gasteiger partial charge in [0.1, 0.15) is 0 Å². The molecule has 0 radical (unpaired) electrons. The van der Waals surface area contributed by atoms with Crippen LogP contribution in [0.2, 0.25) is 5.02 Å². The molecule has 0 heterocycles. The average molecular weight is 372 g/mol. The minimum Gasteiger partial charge on any atom is -0.372 e. The molecule has 26 heavy (non-hydrogen) atoms. The predicted molar refractivity (Wildman–Crippen MR) is 109 cm³/mol. The molecule has 138 valence electrons. The van der Waals surface area contributed by atoms with Crippen LogP contribution in [0.5, 0.6) is 0 Å². The second kappa shape index (κ2) is 7.58. The lowest BCUT2D eigenvalue weighted by molar-refractivity contribution is 0.247. The Balaban J connectivity index is 1.68. The smallest absolute Gasteiger partial charge is 0.319 e. The molecule has 1 saturated carbocycles. The molecule has 0 spiro atoms. The van der Waals surface area contributed by atoms with Crippen LogP contribution in [-0.4, -0.2) is 19.1 Å². The molecule has 2 amide bonds. The SMILES string of the molecule is CCN(CC)c1ccc(NC(=O)NC2(c3ccc(Cl)cc3)CC2)c(C)c1. The zero-order valence-corrected chi connectivity index (χ0v) is 16.4. The molecular formula is C21H26ClN3O. The van der Waals surface area contributed by atoms with Gasteiger partial charge >= 0.3 is 6.03 Å². The van der Waals surface area contributed by atoms with Gasteiger partial charge in [-0.3, -0.25) is 0 Å². The topological polar surface area (TPSA) is 44.4 Å². The first-order chi connectivity index (χ1) is 12.5. The number of nitrogens with one attached hydrogen (secondary N) is 2. The van der Waals surface area contributed by atoms with E-state index in [0.717, 1.165) is 42.7 Å². The highest BCUT2D eigenvalue weighted by Gasteiger charge is 2.45. The fourth-order valence-corrected chi connectivity index (χ4v) is 3.45. The van der Waals surface area contributed by atoms with Gasteiger partial charge in [-0.1, -0.05) is 23.7 Å². The van der Waals surface area contributed by atoms with Crippen LogP contribution in [0.25, 0.3) is 0 Å². The lowest BCUT2D eigenvalue weighted by atomic mass is 10.1. The molecular weight excluding hydrogens is 346 g/mol. The molecule has 2 aromatic carbocycles. The summed E-state index contributed by atoms with van der Waals surface area (Å²) in [5, 5.41) is 6.84. The molecule has 0 bridgehead atoms. The lowest BCUT2D eigenvalue weighted by Gasteiger charge is -2.23. The van der Waals surface area contributed by atoms with Crippen LogP contribution >= 0.6 is 11.6 Å². The van der Waals surface area contributed by atoms with E-state index in [9.17, 15) is 4.79 Å². The first-order valence-electron chi connectivity index (χ1n) is 9.18. The van der Waals surface area contributed by atoms with Gasteiger partial charge in [0.25, 0.3) is 0 Å². The Hall–Kier alpha value is -2.20. The van der Waals surface area contributed by atoms with Crippen LogP contribution in [0.3, 0.4) is 0 Å². The number of benzene rings is 2. The number of hydrogen-bond acceptors (Lipinski definition) is 2. The number of aryl methyl sites for hydroxylation is 1. The van der Waals surface area contributed by atoms with Gasteiger partial charge in [0, 0.05) is 29.5 Å². The number of carbonyl (C=O) groups excluding carboxylic acids is 1. The van der Waals surface area contributed by atoms with E-state index in [2.05, 4.69) is 41.5 Å². The van der Waals surface area contributed by atoms with Crippen LogP contribution < -0.4 is 15.5 Å². The Morgan fingerprint density at radius 2 is 1.77 bits per heavy atom. The standard InChI is InChI=1S/C21H26ClN3O/c1-4-25(5-2)18-10-11-19(15(3)14-18)23-20(26)24-21(12-13-21)16-6-8-17(22)9-7-16/h6-11,14H,4-5,12-13H2,1-3H3,(H2,23,24,26). The van der Waals surface area contributed by atoms with E-state index >= 15 is 0 Å². The van der Waals surface area contributed by atoms with E-state index in [1.54, 1.807) is 0 Å². The Kier molecular flexibility index (Phi) is 5.42. The summed E-state index contributed by atoms with van der Waals surface area (Å²) in [4.78, 5) is 14.8. The van der Waals surface area contributed by atoms with Crippen molar-refractivity contribution >= 4 is 29.0 Å². The van der Waals surface area contributed by atoms with Gasteiger partial charge in [0.05, 0.1) is 5.54 Å². The van der Waals surface area contributed by atoms with Crippen molar-refractivity contribution < 1.29 is 4.79 Å². The van der Waals surface area contributed by atoms with Crippen molar-refractivity contribution in [2.75, 3.05) is 23.3 Å². The van der Waals surface area contributed by atoms with Gasteiger partial charge in [-0.05, 0) is 75.1 Å². The van der Waals surface area contributed by atoms with Crippen molar-refractivity contribution in [1.29, 1.82) is 0 Å². The van der Waals surface area contributed by atoms with Crippen molar-refractivity contribution in [3.63, 3.8) is 0 Å². The molecule has 0 saturated heterocycles. The lowest BCUT2D eigenvalue weighted by Crippen LogP contribution is -2.38. The molecule has 0 aromatic heterocycles. The molecule has 1 fully saturated rings. The van der Waals surface area contributed by atoms with Crippen LogP contribution in [0.4, 0.5) is 16.2 Å². The van der Waals surface area contributed by atoms with Crippen LogP contribution in [0.15, 0.2) is 42.5 Å². The molecule has 0 aliphatic heterocycles. The van der Waals surface area contributed by atoms with Crippen molar-refractivity contribution in [2.24, 2.45) is 0 Å². The highest BCUT2D eigenvalue weighted by atomic mass is 35.5. The summed E-state index contributed by atoms with van der Waals surface area (Å²) in [6.45, 7) is 8.24. The van der Waals surface area contributed by atoms with E-state index in [1.807, 2.05) is 37.3 Å². The minimum atomic E-state index is -0.260. The summed E-state index contributed by atoms with van der Waals surface area (Å²) in [7, 11) is 0. The molecule has 5 heteroatoms. The molecule has 2 aromatic rings. The van der Waals surface area contributed by atoms with Crippen molar-refractivity contribution in [3.05, 3.63) is 58.6 Å². The highest BCUT2D eigenvalue weighted by molar-refractivity contribution is 6.30. The largest absolute Gasteiger partial charge is 0.372 e. The van der Waals surface area contributed by atoms with Gasteiger partial charge in [-0.25, -0.2) is 4.79 Å². The number of halogens is 1. The van der Waals surface area contributed by atoms with Gasteiger partial charge in [0.15, 0.2) is 0 Å². The summed E-state index contributed by atoms with van der Waals surface area (Å²) in [6.07, 6.45) is 1.89. The molecule has 2 N–H and O–H groups in total. The third kappa shape index (κ3) is 3.96. The van der Waals surface area contributed by atoms with Crippen molar-refractivity contribution in [1.82, 2.24) is 5.32 Å². The third-order valence-corrected chi connectivity index (χ3v) is 5.34. The van der Waals surface area contributed by atoms with Crippen molar-refractivity contribution in [3.8, 4) is 0 Å². The summed E-state index contributed by atoms with van der Waals surface area (Å²) >= 11 is 5.97. The van der Waals surface area contributed by atoms with Gasteiger partial charge in [-0.15, -0.1) is 0 Å². The predicted octanol–water partition coefficient (Wildman–Crippen LogP) is 5.31. The molecule has 4 nitrogen and oxygen atoms in total. The van der Waals surface area contributed by atoms with Crippen LogP contribution in [0, 0.1) is 6.92 Å². The summed E-state index contributed by atoms with van der Waals surface area (Å²) in [6, 6.07) is 13.7. The second-order valence-corrected chi connectivity index (χ2v) is 7.28. The Morgan fingerprint density at radius 1 is 1.12 bits per heavy atom. The molecule has 1 aliphatic rings. The maximum absolute atomic E-state index is 12.5. The molecule has 3 rings (SSSR count). The number of urea groups is 1. The highest BCUT2D eigenvalue weighted by Crippen LogP contribution is 2.45. The molecule has 1 aliphatic carbocycles. The number of carbonyl (C=O) groups is 1. The van der Waals surface area contributed by atoms with E-state index < -0.39 is 0 Å². The van der Waals surface area contributed by atoms with Crippen LogP contribution in [0.1, 0.15) is 37.8 Å². The quantitative estimate of drug-likeness (QED) is 0.723. The van der Waals surface area contributed by atoms with E-state index in [4.69, 9.17) is 11.6 Å². The van der Waals surface area contributed by atoms with Gasteiger partial charge in [0.2, 0.25) is 0 Å². The minimum absolute atomic E-state index is 0.170. The molecule has 0 unspecified atom stereocenters. The van der Waals surface area contributed by atoms with Crippen LogP contribution in [-0.2, 0) is 5.54 Å². The third-order valence-electron chi connectivity index (χ3n) is 5.09. The Labute approximate surface area is 160 Å². The maximum Gasteiger partial charge on any atom is 0.319 e. The second-order valence-electron chi connectivity index (χ2n) is 6.84. The average Bonchev–Trinajstić information content (AvgIpc) is 3.39. The van der Waals surface area contributed by atoms with Gasteiger partial charge in [-0.2, -0.15) is 0 Å². The normalized spacial score (nSPS) is 14.6. The first kappa shape index (κ1) is 18.6. The van der Waals surface area contributed by atoms with Crippen molar-refractivity contribution in [2.45, 2.75) is 39.2 Å². The summed E-state index contributed by atoms with van der Waals surface area (Å²) < 4.78 is 0. The fourth-order valence-electron chi connectivity index (χ4n) is 3.32.